The van der Waals surface area contributed by atoms with Crippen LogP contribution in [-0.4, -0.2) is 60.9 Å². The third kappa shape index (κ3) is 6.02. The lowest BCUT2D eigenvalue weighted by Gasteiger charge is -2.40. The summed E-state index contributed by atoms with van der Waals surface area (Å²) in [6.45, 7) is 2.68. The van der Waals surface area contributed by atoms with Crippen LogP contribution in [0.4, 0.5) is 5.69 Å². The largest absolute Gasteiger partial charge is 0.497 e. The molecule has 0 aromatic heterocycles. The Hall–Kier alpha value is -3.12. The summed E-state index contributed by atoms with van der Waals surface area (Å²) in [5.41, 5.74) is 1.77. The zero-order chi connectivity index (χ0) is 23.0. The average molecular weight is 448 g/mol. The lowest BCUT2D eigenvalue weighted by atomic mass is 9.95. The number of piperazine rings is 1. The Kier molecular flexibility index (Phi) is 7.79. The topological polar surface area (TPSA) is 61.9 Å². The standard InChI is InChI=1S/C27H33N3O3/c1-33-24-13-7-12-23(20-24)28-27(32)26(22-10-5-6-11-22)30-18-16-29(17-19-30)25(31)15-14-21-8-3-2-4-9-21/h2-4,7-9,12-15,20,22,26H,5-6,10-11,16-19H2,1H3,(H,28,32)/b15-14+. The summed E-state index contributed by atoms with van der Waals surface area (Å²) in [7, 11) is 1.62. The van der Waals surface area contributed by atoms with E-state index in [1.54, 1.807) is 13.2 Å². The number of hydrogen-bond donors (Lipinski definition) is 1. The first-order valence-corrected chi connectivity index (χ1v) is 11.8. The number of anilines is 1. The van der Waals surface area contributed by atoms with Gasteiger partial charge >= 0.3 is 0 Å². The summed E-state index contributed by atoms with van der Waals surface area (Å²) >= 11 is 0. The van der Waals surface area contributed by atoms with Gasteiger partial charge in [0.2, 0.25) is 11.8 Å². The maximum atomic E-state index is 13.4. The number of nitrogens with one attached hydrogen (secondary N) is 1. The molecule has 2 aromatic carbocycles. The molecule has 0 radical (unpaired) electrons. The summed E-state index contributed by atoms with van der Waals surface area (Å²) in [5.74, 6) is 1.15. The number of rotatable bonds is 7. The van der Waals surface area contributed by atoms with E-state index in [1.165, 1.54) is 12.8 Å². The Balaban J connectivity index is 1.38. The molecule has 1 N–H and O–H groups in total. The molecule has 1 saturated heterocycles. The van der Waals surface area contributed by atoms with Gasteiger partial charge in [-0.1, -0.05) is 49.2 Å². The van der Waals surface area contributed by atoms with Gasteiger partial charge in [-0.15, -0.1) is 0 Å². The van der Waals surface area contributed by atoms with Crippen molar-refractivity contribution in [2.24, 2.45) is 5.92 Å². The second kappa shape index (κ2) is 11.1. The molecule has 0 bridgehead atoms. The first-order chi connectivity index (χ1) is 16.1. The van der Waals surface area contributed by atoms with E-state index in [0.29, 0.717) is 32.1 Å². The molecule has 1 unspecified atom stereocenters. The number of amides is 2. The minimum absolute atomic E-state index is 0.0248. The zero-order valence-corrected chi connectivity index (χ0v) is 19.3. The Morgan fingerprint density at radius 3 is 2.42 bits per heavy atom. The van der Waals surface area contributed by atoms with Crippen molar-refractivity contribution >= 4 is 23.6 Å². The number of methoxy groups -OCH3 is 1. The van der Waals surface area contributed by atoms with Crippen LogP contribution in [0.1, 0.15) is 31.2 Å². The number of carbonyl (C=O) groups excluding carboxylic acids is 2. The van der Waals surface area contributed by atoms with Gasteiger partial charge in [0.05, 0.1) is 13.2 Å². The molecule has 2 aliphatic rings. The summed E-state index contributed by atoms with van der Waals surface area (Å²) in [5, 5.41) is 3.11. The fourth-order valence-electron chi connectivity index (χ4n) is 4.93. The quantitative estimate of drug-likeness (QED) is 0.651. The van der Waals surface area contributed by atoms with Gasteiger partial charge in [0.1, 0.15) is 5.75 Å². The van der Waals surface area contributed by atoms with Gasteiger partial charge in [0.15, 0.2) is 0 Å². The lowest BCUT2D eigenvalue weighted by molar-refractivity contribution is -0.129. The third-order valence-electron chi connectivity index (χ3n) is 6.69. The molecule has 174 valence electrons. The van der Waals surface area contributed by atoms with Crippen molar-refractivity contribution in [3.63, 3.8) is 0 Å². The van der Waals surface area contributed by atoms with Crippen LogP contribution in [0.5, 0.6) is 5.75 Å². The van der Waals surface area contributed by atoms with Crippen molar-refractivity contribution in [2.45, 2.75) is 31.7 Å². The monoisotopic (exact) mass is 447 g/mol. The fourth-order valence-corrected chi connectivity index (χ4v) is 4.93. The summed E-state index contributed by atoms with van der Waals surface area (Å²) < 4.78 is 5.29. The van der Waals surface area contributed by atoms with Crippen LogP contribution in [0, 0.1) is 5.92 Å². The van der Waals surface area contributed by atoms with E-state index >= 15 is 0 Å². The van der Waals surface area contributed by atoms with Crippen LogP contribution in [-0.2, 0) is 9.59 Å². The first kappa shape index (κ1) is 23.1. The van der Waals surface area contributed by atoms with Gasteiger partial charge in [-0.05, 0) is 42.5 Å². The number of hydrogen-bond acceptors (Lipinski definition) is 4. The van der Waals surface area contributed by atoms with Gasteiger partial charge in [0.25, 0.3) is 0 Å². The molecule has 2 aromatic rings. The molecule has 6 heteroatoms. The highest BCUT2D eigenvalue weighted by Crippen LogP contribution is 2.32. The third-order valence-corrected chi connectivity index (χ3v) is 6.69. The van der Waals surface area contributed by atoms with E-state index < -0.39 is 0 Å². The molecule has 33 heavy (non-hydrogen) atoms. The van der Waals surface area contributed by atoms with Crippen molar-refractivity contribution < 1.29 is 14.3 Å². The fraction of sp³-hybridized carbons (Fsp3) is 0.407. The molecule has 2 fully saturated rings. The van der Waals surface area contributed by atoms with Crippen molar-refractivity contribution in [3.8, 4) is 5.75 Å². The normalized spacial score (nSPS) is 18.4. The molecule has 4 rings (SSSR count). The van der Waals surface area contributed by atoms with E-state index in [2.05, 4.69) is 10.2 Å². The minimum atomic E-state index is -0.171. The van der Waals surface area contributed by atoms with E-state index in [4.69, 9.17) is 4.74 Å². The van der Waals surface area contributed by atoms with E-state index in [9.17, 15) is 9.59 Å². The first-order valence-electron chi connectivity index (χ1n) is 11.8. The van der Waals surface area contributed by atoms with E-state index in [-0.39, 0.29) is 17.9 Å². The van der Waals surface area contributed by atoms with Gasteiger partial charge in [-0.2, -0.15) is 0 Å². The number of nitrogens with zero attached hydrogens (tertiary/aromatic N) is 2. The summed E-state index contributed by atoms with van der Waals surface area (Å²) in [4.78, 5) is 30.2. The molecule has 1 saturated carbocycles. The molecule has 6 nitrogen and oxygen atoms in total. The van der Waals surface area contributed by atoms with Crippen LogP contribution < -0.4 is 10.1 Å². The Bertz CT molecular complexity index is 962. The van der Waals surface area contributed by atoms with Crippen LogP contribution in [0.2, 0.25) is 0 Å². The average Bonchev–Trinajstić information content (AvgIpc) is 3.38. The van der Waals surface area contributed by atoms with Gasteiger partial charge in [0, 0.05) is 44.0 Å². The molecule has 1 atom stereocenters. The predicted molar refractivity (Wildman–Crippen MR) is 131 cm³/mol. The zero-order valence-electron chi connectivity index (χ0n) is 19.3. The Morgan fingerprint density at radius 2 is 1.73 bits per heavy atom. The molecular formula is C27H33N3O3. The smallest absolute Gasteiger partial charge is 0.246 e. The van der Waals surface area contributed by atoms with Gasteiger partial charge < -0.3 is 15.0 Å². The van der Waals surface area contributed by atoms with E-state index in [1.807, 2.05) is 65.6 Å². The predicted octanol–water partition coefficient (Wildman–Crippen LogP) is 4.05. The maximum Gasteiger partial charge on any atom is 0.246 e. The highest BCUT2D eigenvalue weighted by molar-refractivity contribution is 5.95. The van der Waals surface area contributed by atoms with Gasteiger partial charge in [-0.3, -0.25) is 14.5 Å². The molecule has 2 amide bonds. The van der Waals surface area contributed by atoms with Crippen LogP contribution >= 0.6 is 0 Å². The Morgan fingerprint density at radius 1 is 1.00 bits per heavy atom. The van der Waals surface area contributed by atoms with E-state index in [0.717, 1.165) is 29.8 Å². The van der Waals surface area contributed by atoms with Crippen LogP contribution in [0.3, 0.4) is 0 Å². The lowest BCUT2D eigenvalue weighted by Crippen LogP contribution is -2.56. The summed E-state index contributed by atoms with van der Waals surface area (Å²) in [6.07, 6.45) is 8.02. The Labute approximate surface area is 196 Å². The molecular weight excluding hydrogens is 414 g/mol. The minimum Gasteiger partial charge on any atom is -0.497 e. The maximum absolute atomic E-state index is 13.4. The highest BCUT2D eigenvalue weighted by Gasteiger charge is 2.37. The second-order valence-corrected chi connectivity index (χ2v) is 8.82. The molecule has 1 aliphatic carbocycles. The van der Waals surface area contributed by atoms with Crippen LogP contribution in [0.15, 0.2) is 60.7 Å². The van der Waals surface area contributed by atoms with Crippen molar-refractivity contribution in [3.05, 3.63) is 66.2 Å². The number of ether oxygens (including phenoxy) is 1. The second-order valence-electron chi connectivity index (χ2n) is 8.82. The molecule has 1 heterocycles. The SMILES string of the molecule is COc1cccc(NC(=O)C(C2CCCC2)N2CCN(C(=O)/C=C/c3ccccc3)CC2)c1. The molecule has 0 spiro atoms. The van der Waals surface area contributed by atoms with Crippen molar-refractivity contribution in [1.82, 2.24) is 9.80 Å². The van der Waals surface area contributed by atoms with Gasteiger partial charge in [-0.25, -0.2) is 0 Å². The van der Waals surface area contributed by atoms with Crippen LogP contribution in [0.25, 0.3) is 6.08 Å². The van der Waals surface area contributed by atoms with Crippen molar-refractivity contribution in [1.29, 1.82) is 0 Å². The summed E-state index contributed by atoms with van der Waals surface area (Å²) in [6, 6.07) is 17.2. The number of carbonyl (C=O) groups is 2. The molecule has 1 aliphatic heterocycles. The van der Waals surface area contributed by atoms with Crippen molar-refractivity contribution in [2.75, 3.05) is 38.6 Å². The number of benzene rings is 2. The highest BCUT2D eigenvalue weighted by atomic mass is 16.5.